The zero-order chi connectivity index (χ0) is 25.5. The highest BCUT2D eigenvalue weighted by Gasteiger charge is 2.33. The Morgan fingerprint density at radius 3 is 2.60 bits per heavy atom. The first kappa shape index (κ1) is 24.4. The van der Waals surface area contributed by atoms with E-state index >= 15 is 0 Å². The molecule has 0 aliphatic rings. The Kier molecular flexibility index (Phi) is 6.11. The van der Waals surface area contributed by atoms with Crippen molar-refractivity contribution in [3.8, 4) is 11.8 Å². The van der Waals surface area contributed by atoms with Crippen LogP contribution in [0.3, 0.4) is 0 Å². The van der Waals surface area contributed by atoms with E-state index in [1.165, 1.54) is 19.9 Å². The maximum Gasteiger partial charge on any atom is 0.335 e. The Balaban J connectivity index is 2.00. The normalized spacial score (nSPS) is 12.4. The van der Waals surface area contributed by atoms with Crippen molar-refractivity contribution in [3.05, 3.63) is 59.4 Å². The number of aliphatic carboxylic acids is 1. The highest BCUT2D eigenvalue weighted by molar-refractivity contribution is 5.98. The summed E-state index contributed by atoms with van der Waals surface area (Å²) < 4.78 is 35.7. The third-order valence-electron chi connectivity index (χ3n) is 6.29. The summed E-state index contributed by atoms with van der Waals surface area (Å²) in [6, 6.07) is 9.77. The van der Waals surface area contributed by atoms with E-state index in [4.69, 9.17) is 4.74 Å². The summed E-state index contributed by atoms with van der Waals surface area (Å²) in [5.41, 5.74) is 1.46. The minimum atomic E-state index is -1.38. The Morgan fingerprint density at radius 1 is 1.20 bits per heavy atom. The third-order valence-corrected chi connectivity index (χ3v) is 6.29. The summed E-state index contributed by atoms with van der Waals surface area (Å²) in [6.45, 7) is 6.90. The quantitative estimate of drug-likeness (QED) is 0.351. The number of rotatable bonds is 8. The molecule has 0 spiro atoms. The molecule has 182 valence electrons. The molecule has 0 aliphatic carbocycles. The predicted octanol–water partition coefficient (Wildman–Crippen LogP) is 5.40. The van der Waals surface area contributed by atoms with Crippen LogP contribution in [-0.2, 0) is 21.4 Å². The molecule has 0 aliphatic heterocycles. The van der Waals surface area contributed by atoms with Crippen LogP contribution in [0.25, 0.3) is 27.5 Å². The van der Waals surface area contributed by atoms with Crippen LogP contribution >= 0.6 is 0 Å². The molecule has 9 heteroatoms. The fourth-order valence-corrected chi connectivity index (χ4v) is 4.40. The zero-order valence-corrected chi connectivity index (χ0v) is 19.9. The van der Waals surface area contributed by atoms with Crippen LogP contribution in [0.4, 0.5) is 8.78 Å². The van der Waals surface area contributed by atoms with Gasteiger partial charge < -0.3 is 14.4 Å². The maximum atomic E-state index is 14.3. The second kappa shape index (κ2) is 8.78. The van der Waals surface area contributed by atoms with Gasteiger partial charge in [-0.2, -0.15) is 10.4 Å². The number of halogens is 2. The highest BCUT2D eigenvalue weighted by Crippen LogP contribution is 2.40. The second-order valence-corrected chi connectivity index (χ2v) is 9.72. The highest BCUT2D eigenvalue weighted by atomic mass is 19.2. The number of nitriles is 1. The number of aromatic nitrogens is 3. The van der Waals surface area contributed by atoms with Gasteiger partial charge in [0.05, 0.1) is 29.9 Å². The average Bonchev–Trinajstić information content (AvgIpc) is 3.36. The van der Waals surface area contributed by atoms with Gasteiger partial charge in [-0.05, 0) is 50.1 Å². The average molecular weight is 481 g/mol. The lowest BCUT2D eigenvalue weighted by Gasteiger charge is -2.27. The van der Waals surface area contributed by atoms with Gasteiger partial charge in [-0.1, -0.05) is 13.8 Å². The van der Waals surface area contributed by atoms with Crippen molar-refractivity contribution in [1.29, 1.82) is 5.26 Å². The van der Waals surface area contributed by atoms with E-state index in [1.54, 1.807) is 6.20 Å². The molecule has 2 aromatic heterocycles. The third kappa shape index (κ3) is 4.37. The number of carboxylic acid groups (broad SMARTS) is 1. The van der Waals surface area contributed by atoms with Crippen LogP contribution < -0.4 is 0 Å². The molecule has 2 aromatic carbocycles. The number of aromatic amines is 1. The molecule has 0 saturated heterocycles. The Bertz CT molecular complexity index is 1480. The first-order chi connectivity index (χ1) is 16.5. The van der Waals surface area contributed by atoms with Gasteiger partial charge in [0.25, 0.3) is 0 Å². The summed E-state index contributed by atoms with van der Waals surface area (Å²) in [5.74, 6) is -3.01. The molecule has 0 fully saturated rings. The van der Waals surface area contributed by atoms with Gasteiger partial charge in [0, 0.05) is 40.1 Å². The van der Waals surface area contributed by atoms with E-state index in [0.29, 0.717) is 12.1 Å². The molecule has 2 N–H and O–H groups in total. The molecular weight excluding hydrogens is 454 g/mol. The molecule has 4 aromatic rings. The number of benzene rings is 2. The van der Waals surface area contributed by atoms with E-state index in [2.05, 4.69) is 16.3 Å². The first-order valence-corrected chi connectivity index (χ1v) is 11.2. The van der Waals surface area contributed by atoms with E-state index in [-0.39, 0.29) is 13.0 Å². The van der Waals surface area contributed by atoms with Gasteiger partial charge >= 0.3 is 5.97 Å². The van der Waals surface area contributed by atoms with Crippen LogP contribution in [0.5, 0.6) is 0 Å². The van der Waals surface area contributed by atoms with Gasteiger partial charge in [-0.25, -0.2) is 13.6 Å². The molecule has 0 bridgehead atoms. The smallest absolute Gasteiger partial charge is 0.335 e. The molecule has 0 amide bonds. The van der Waals surface area contributed by atoms with Gasteiger partial charge in [-0.3, -0.25) is 5.10 Å². The number of hydrogen-bond donors (Lipinski definition) is 2. The van der Waals surface area contributed by atoms with Crippen molar-refractivity contribution in [3.63, 3.8) is 0 Å². The number of hydrogen-bond acceptors (Lipinski definition) is 4. The molecular formula is C26H26F2N4O3. The van der Waals surface area contributed by atoms with E-state index < -0.39 is 28.6 Å². The lowest BCUT2D eigenvalue weighted by molar-refractivity contribution is -0.161. The van der Waals surface area contributed by atoms with E-state index in [0.717, 1.165) is 45.2 Å². The van der Waals surface area contributed by atoms with Gasteiger partial charge in [0.2, 0.25) is 0 Å². The Labute approximate surface area is 200 Å². The van der Waals surface area contributed by atoms with Crippen LogP contribution in [0.15, 0.2) is 36.5 Å². The summed E-state index contributed by atoms with van der Waals surface area (Å²) in [7, 11) is 0. The number of nitrogens with one attached hydrogen (secondary N) is 1. The molecule has 0 atom stereocenters. The molecule has 2 heterocycles. The monoisotopic (exact) mass is 480 g/mol. The van der Waals surface area contributed by atoms with Crippen LogP contribution in [0.2, 0.25) is 0 Å². The van der Waals surface area contributed by atoms with Crippen molar-refractivity contribution in [2.24, 2.45) is 0 Å². The van der Waals surface area contributed by atoms with E-state index in [1.807, 2.05) is 30.5 Å². The minimum absolute atomic E-state index is 0.104. The molecule has 0 radical (unpaired) electrons. The summed E-state index contributed by atoms with van der Waals surface area (Å²) in [5, 5.41) is 27.7. The molecule has 7 nitrogen and oxygen atoms in total. The van der Waals surface area contributed by atoms with Crippen LogP contribution in [0.1, 0.15) is 45.4 Å². The van der Waals surface area contributed by atoms with Crippen molar-refractivity contribution >= 4 is 27.8 Å². The number of nitrogens with zero attached hydrogens (tertiary/aromatic N) is 3. The summed E-state index contributed by atoms with van der Waals surface area (Å²) in [6.07, 6.45) is 2.18. The van der Waals surface area contributed by atoms with Crippen molar-refractivity contribution < 1.29 is 23.4 Å². The van der Waals surface area contributed by atoms with Crippen molar-refractivity contribution in [2.75, 3.05) is 6.61 Å². The number of H-pyrrole nitrogens is 1. The predicted molar refractivity (Wildman–Crippen MR) is 127 cm³/mol. The second-order valence-electron chi connectivity index (χ2n) is 9.72. The first-order valence-electron chi connectivity index (χ1n) is 11.2. The number of carboxylic acids is 1. The number of ether oxygens (including phenoxy) is 1. The van der Waals surface area contributed by atoms with Crippen LogP contribution in [0, 0.1) is 23.0 Å². The fourth-order valence-electron chi connectivity index (χ4n) is 4.40. The largest absolute Gasteiger partial charge is 0.479 e. The van der Waals surface area contributed by atoms with Crippen molar-refractivity contribution in [1.82, 2.24) is 14.8 Å². The summed E-state index contributed by atoms with van der Waals surface area (Å²) in [4.78, 5) is 11.5. The molecule has 4 rings (SSSR count). The fraction of sp³-hybridized carbons (Fsp3) is 0.346. The SMILES string of the molecule is CC(C)(OCCc1c(C(C)(C)CC#N)n(-c2ccc(F)c(F)c2)c2cc3cn[nH]c3cc12)C(=O)O. The Morgan fingerprint density at radius 2 is 1.94 bits per heavy atom. The van der Waals surface area contributed by atoms with Gasteiger partial charge in [-0.15, -0.1) is 0 Å². The minimum Gasteiger partial charge on any atom is -0.479 e. The van der Waals surface area contributed by atoms with E-state index in [9.17, 15) is 23.9 Å². The molecule has 0 saturated carbocycles. The maximum absolute atomic E-state index is 14.3. The van der Waals surface area contributed by atoms with Crippen LogP contribution in [-0.4, -0.2) is 38.0 Å². The zero-order valence-electron chi connectivity index (χ0n) is 19.9. The van der Waals surface area contributed by atoms with Gasteiger partial charge in [0.1, 0.15) is 0 Å². The lowest BCUT2D eigenvalue weighted by atomic mass is 9.82. The Hall–Kier alpha value is -3.77. The molecule has 0 unspecified atom stereocenters. The number of fused-ring (bicyclic) bond motifs is 2. The topological polar surface area (TPSA) is 104 Å². The standard InChI is InChI=1S/C26H26F2N4O3/c1-25(2,8-9-29)23-17(7-10-35-26(3,4)24(33)34)18-13-21-15(14-30-31-21)11-22(18)32(23)16-5-6-19(27)20(28)12-16/h5-6,11-14H,7-8,10H2,1-4H3,(H,30,31)(H,33,34). The summed E-state index contributed by atoms with van der Waals surface area (Å²) >= 11 is 0. The van der Waals surface area contributed by atoms with Gasteiger partial charge in [0.15, 0.2) is 17.2 Å². The molecule has 35 heavy (non-hydrogen) atoms. The lowest BCUT2D eigenvalue weighted by Crippen LogP contribution is -2.35. The number of carbonyl (C=O) groups is 1. The van der Waals surface area contributed by atoms with Crippen molar-refractivity contribution in [2.45, 2.75) is 51.6 Å².